The first-order valence-electron chi connectivity index (χ1n) is 8.02. The molecular weight excluding hydrogens is 439 g/mol. The molecule has 0 fully saturated rings. The predicted octanol–water partition coefficient (Wildman–Crippen LogP) is 3.35. The highest BCUT2D eigenvalue weighted by atomic mass is 127. The Labute approximate surface area is 167 Å². The molecule has 1 aromatic carbocycles. The molecular formula is C17H28ClIN4O. The lowest BCUT2D eigenvalue weighted by Crippen LogP contribution is -2.39. The Morgan fingerprint density at radius 3 is 2.33 bits per heavy atom. The van der Waals surface area contributed by atoms with E-state index in [-0.39, 0.29) is 41.8 Å². The van der Waals surface area contributed by atoms with Gasteiger partial charge in [-0.1, -0.05) is 37.6 Å². The van der Waals surface area contributed by atoms with E-state index < -0.39 is 0 Å². The van der Waals surface area contributed by atoms with Gasteiger partial charge in [-0.25, -0.2) is 0 Å². The summed E-state index contributed by atoms with van der Waals surface area (Å²) in [5.41, 5.74) is 1.13. The molecule has 0 aliphatic carbocycles. The molecule has 0 saturated carbocycles. The van der Waals surface area contributed by atoms with Crippen molar-refractivity contribution in [3.63, 3.8) is 0 Å². The summed E-state index contributed by atoms with van der Waals surface area (Å²) in [5.74, 6) is 0.775. The third-order valence-corrected chi connectivity index (χ3v) is 3.52. The minimum absolute atomic E-state index is 0. The van der Waals surface area contributed by atoms with Crippen LogP contribution in [0.3, 0.4) is 0 Å². The van der Waals surface area contributed by atoms with Gasteiger partial charge in [-0.2, -0.15) is 0 Å². The van der Waals surface area contributed by atoms with Gasteiger partial charge < -0.3 is 16.0 Å². The maximum atomic E-state index is 11.5. The van der Waals surface area contributed by atoms with Crippen LogP contribution in [0.15, 0.2) is 29.3 Å². The summed E-state index contributed by atoms with van der Waals surface area (Å²) in [7, 11) is 0. The van der Waals surface area contributed by atoms with Crippen LogP contribution in [0.25, 0.3) is 0 Å². The van der Waals surface area contributed by atoms with Gasteiger partial charge in [0, 0.05) is 24.0 Å². The van der Waals surface area contributed by atoms with E-state index in [1.807, 2.05) is 45.0 Å². The van der Waals surface area contributed by atoms with E-state index in [1.54, 1.807) is 0 Å². The van der Waals surface area contributed by atoms with E-state index in [4.69, 9.17) is 11.6 Å². The number of hydrogen-bond donors (Lipinski definition) is 3. The van der Waals surface area contributed by atoms with E-state index in [2.05, 4.69) is 27.9 Å². The molecule has 0 spiro atoms. The van der Waals surface area contributed by atoms with Gasteiger partial charge in [0.25, 0.3) is 0 Å². The summed E-state index contributed by atoms with van der Waals surface area (Å²) in [6, 6.07) is 7.84. The second-order valence-electron chi connectivity index (χ2n) is 5.62. The van der Waals surface area contributed by atoms with E-state index >= 15 is 0 Å². The molecule has 1 amide bonds. The number of aliphatic imine (C=N–C) groups is 1. The summed E-state index contributed by atoms with van der Waals surface area (Å²) in [4.78, 5) is 16.0. The van der Waals surface area contributed by atoms with E-state index in [0.29, 0.717) is 13.1 Å². The number of carbonyl (C=O) groups excluding carboxylic acids is 1. The topological polar surface area (TPSA) is 65.5 Å². The van der Waals surface area contributed by atoms with E-state index in [1.165, 1.54) is 0 Å². The molecule has 0 saturated heterocycles. The summed E-state index contributed by atoms with van der Waals surface area (Å²) in [6.07, 6.45) is 0. The standard InChI is InChI=1S/C17H27ClN4O.HI/c1-5-19-17(21-11-10-20-16(23)12(2)3)22-13(4)14-6-8-15(18)9-7-14;/h6-9,12-13H,5,10-11H2,1-4H3,(H,20,23)(H2,19,21,22);1H. The summed E-state index contributed by atoms with van der Waals surface area (Å²) in [5, 5.41) is 10.1. The normalized spacial score (nSPS) is 12.3. The van der Waals surface area contributed by atoms with Crippen LogP contribution < -0.4 is 16.0 Å². The summed E-state index contributed by atoms with van der Waals surface area (Å²) in [6.45, 7) is 9.67. The lowest BCUT2D eigenvalue weighted by molar-refractivity contribution is -0.123. The van der Waals surface area contributed by atoms with Crippen LogP contribution in [-0.2, 0) is 4.79 Å². The largest absolute Gasteiger partial charge is 0.357 e. The van der Waals surface area contributed by atoms with Crippen LogP contribution in [0.5, 0.6) is 0 Å². The van der Waals surface area contributed by atoms with Crippen molar-refractivity contribution in [2.24, 2.45) is 10.9 Å². The zero-order valence-electron chi connectivity index (χ0n) is 14.7. The number of amides is 1. The van der Waals surface area contributed by atoms with Crippen molar-refractivity contribution < 1.29 is 4.79 Å². The van der Waals surface area contributed by atoms with Crippen molar-refractivity contribution in [2.75, 3.05) is 19.6 Å². The number of nitrogens with zero attached hydrogens (tertiary/aromatic N) is 1. The molecule has 5 nitrogen and oxygen atoms in total. The zero-order valence-corrected chi connectivity index (χ0v) is 17.8. The van der Waals surface area contributed by atoms with E-state index in [0.717, 1.165) is 23.1 Å². The van der Waals surface area contributed by atoms with Crippen LogP contribution in [0, 0.1) is 5.92 Å². The molecule has 1 atom stereocenters. The van der Waals surface area contributed by atoms with Crippen molar-refractivity contribution in [2.45, 2.75) is 33.7 Å². The number of halogens is 2. The highest BCUT2D eigenvalue weighted by molar-refractivity contribution is 14.0. The van der Waals surface area contributed by atoms with E-state index in [9.17, 15) is 4.79 Å². The first kappa shape index (κ1) is 23.0. The number of benzene rings is 1. The number of hydrogen-bond acceptors (Lipinski definition) is 2. The molecule has 0 aliphatic heterocycles. The third kappa shape index (κ3) is 8.73. The van der Waals surface area contributed by atoms with Crippen LogP contribution in [0.4, 0.5) is 0 Å². The molecule has 1 aromatic rings. The van der Waals surface area contributed by atoms with Crippen LogP contribution in [0.1, 0.15) is 39.3 Å². The second kappa shape index (κ2) is 12.4. The molecule has 1 unspecified atom stereocenters. The molecule has 24 heavy (non-hydrogen) atoms. The molecule has 136 valence electrons. The highest BCUT2D eigenvalue weighted by Crippen LogP contribution is 2.15. The third-order valence-electron chi connectivity index (χ3n) is 3.27. The lowest BCUT2D eigenvalue weighted by atomic mass is 10.1. The van der Waals surface area contributed by atoms with Gasteiger partial charge >= 0.3 is 0 Å². The Morgan fingerprint density at radius 1 is 1.17 bits per heavy atom. The summed E-state index contributed by atoms with van der Waals surface area (Å²) >= 11 is 5.91. The van der Waals surface area contributed by atoms with Crippen LogP contribution in [-0.4, -0.2) is 31.5 Å². The van der Waals surface area contributed by atoms with Crippen molar-refractivity contribution >= 4 is 47.4 Å². The molecule has 0 aliphatic rings. The Bertz CT molecular complexity index is 520. The van der Waals surface area contributed by atoms with Gasteiger partial charge in [0.1, 0.15) is 0 Å². The number of carbonyl (C=O) groups is 1. The molecule has 7 heteroatoms. The Balaban J connectivity index is 0.00000529. The van der Waals surface area contributed by atoms with Crippen molar-refractivity contribution in [1.29, 1.82) is 0 Å². The SMILES string of the molecule is CCNC(=NCCNC(=O)C(C)C)NC(C)c1ccc(Cl)cc1.I. The van der Waals surface area contributed by atoms with Gasteiger partial charge in [0.05, 0.1) is 12.6 Å². The Morgan fingerprint density at radius 2 is 1.79 bits per heavy atom. The summed E-state index contributed by atoms with van der Waals surface area (Å²) < 4.78 is 0. The molecule has 3 N–H and O–H groups in total. The molecule has 0 radical (unpaired) electrons. The molecule has 0 bridgehead atoms. The van der Waals surface area contributed by atoms with Crippen LogP contribution in [0.2, 0.25) is 5.02 Å². The monoisotopic (exact) mass is 466 g/mol. The average molecular weight is 467 g/mol. The van der Waals surface area contributed by atoms with Crippen molar-refractivity contribution in [3.8, 4) is 0 Å². The van der Waals surface area contributed by atoms with Crippen molar-refractivity contribution in [3.05, 3.63) is 34.9 Å². The maximum Gasteiger partial charge on any atom is 0.222 e. The number of rotatable bonds is 7. The first-order valence-corrected chi connectivity index (χ1v) is 8.39. The smallest absolute Gasteiger partial charge is 0.222 e. The molecule has 0 aromatic heterocycles. The fraction of sp³-hybridized carbons (Fsp3) is 0.529. The minimum atomic E-state index is -0.00438. The van der Waals surface area contributed by atoms with Crippen molar-refractivity contribution in [1.82, 2.24) is 16.0 Å². The fourth-order valence-corrected chi connectivity index (χ4v) is 2.04. The first-order chi connectivity index (χ1) is 10.9. The van der Waals surface area contributed by atoms with Crippen LogP contribution >= 0.6 is 35.6 Å². The Kier molecular flexibility index (Phi) is 11.8. The maximum absolute atomic E-state index is 11.5. The fourth-order valence-electron chi connectivity index (χ4n) is 1.91. The number of guanidine groups is 1. The van der Waals surface area contributed by atoms with Gasteiger partial charge in [0.2, 0.25) is 5.91 Å². The second-order valence-corrected chi connectivity index (χ2v) is 6.06. The number of nitrogens with one attached hydrogen (secondary N) is 3. The highest BCUT2D eigenvalue weighted by Gasteiger charge is 2.08. The van der Waals surface area contributed by atoms with Gasteiger partial charge in [-0.3, -0.25) is 9.79 Å². The lowest BCUT2D eigenvalue weighted by Gasteiger charge is -2.18. The van der Waals surface area contributed by atoms with Gasteiger partial charge in [-0.15, -0.1) is 24.0 Å². The van der Waals surface area contributed by atoms with Gasteiger partial charge in [0.15, 0.2) is 5.96 Å². The quantitative estimate of drug-likeness (QED) is 0.250. The zero-order chi connectivity index (χ0) is 17.2. The molecule has 1 rings (SSSR count). The predicted molar refractivity (Wildman–Crippen MR) is 112 cm³/mol. The van der Waals surface area contributed by atoms with Gasteiger partial charge in [-0.05, 0) is 31.5 Å². The average Bonchev–Trinajstić information content (AvgIpc) is 2.51. The molecule has 0 heterocycles. The Hall–Kier alpha value is -1.02. The minimum Gasteiger partial charge on any atom is -0.357 e.